The standard InChI is InChI=1S/C15H20ClN5O2/c1-10-14(16)11(2)21(18-10)9-20-6-5-13(19-20)15(22)17-8-12-4-3-7-23-12/h5-6,12H,3-4,7-9H2,1-2H3,(H,17,22). The van der Waals surface area contributed by atoms with Gasteiger partial charge in [-0.3, -0.25) is 9.48 Å². The van der Waals surface area contributed by atoms with Crippen molar-refractivity contribution in [2.24, 2.45) is 0 Å². The number of carbonyl (C=O) groups excluding carboxylic acids is 1. The normalized spacial score (nSPS) is 17.6. The Balaban J connectivity index is 1.60. The van der Waals surface area contributed by atoms with Crippen molar-refractivity contribution in [3.05, 3.63) is 34.4 Å². The number of amides is 1. The number of nitrogens with one attached hydrogen (secondary N) is 1. The van der Waals surface area contributed by atoms with Gasteiger partial charge in [-0.05, 0) is 32.8 Å². The molecule has 0 radical (unpaired) electrons. The van der Waals surface area contributed by atoms with Crippen molar-refractivity contribution in [1.29, 1.82) is 0 Å². The number of nitrogens with zero attached hydrogens (tertiary/aromatic N) is 4. The van der Waals surface area contributed by atoms with E-state index in [-0.39, 0.29) is 12.0 Å². The number of aryl methyl sites for hydroxylation is 1. The fourth-order valence-electron chi connectivity index (χ4n) is 2.61. The van der Waals surface area contributed by atoms with Gasteiger partial charge >= 0.3 is 0 Å². The largest absolute Gasteiger partial charge is 0.376 e. The van der Waals surface area contributed by atoms with Crippen LogP contribution in [-0.4, -0.2) is 44.7 Å². The van der Waals surface area contributed by atoms with Crippen LogP contribution < -0.4 is 5.32 Å². The van der Waals surface area contributed by atoms with Crippen LogP contribution in [0.25, 0.3) is 0 Å². The molecule has 1 fully saturated rings. The highest BCUT2D eigenvalue weighted by molar-refractivity contribution is 6.31. The molecule has 0 spiro atoms. The van der Waals surface area contributed by atoms with Crippen molar-refractivity contribution in [2.45, 2.75) is 39.5 Å². The summed E-state index contributed by atoms with van der Waals surface area (Å²) in [5.41, 5.74) is 2.05. The van der Waals surface area contributed by atoms with Gasteiger partial charge in [0.25, 0.3) is 5.91 Å². The maximum absolute atomic E-state index is 12.1. The Morgan fingerprint density at radius 3 is 2.96 bits per heavy atom. The summed E-state index contributed by atoms with van der Waals surface area (Å²) in [6.07, 6.45) is 3.93. The van der Waals surface area contributed by atoms with Crippen LogP contribution in [0, 0.1) is 13.8 Å². The smallest absolute Gasteiger partial charge is 0.271 e. The molecule has 2 aromatic rings. The zero-order valence-corrected chi connectivity index (χ0v) is 14.0. The Morgan fingerprint density at radius 1 is 1.48 bits per heavy atom. The summed E-state index contributed by atoms with van der Waals surface area (Å²) in [5, 5.41) is 12.2. The summed E-state index contributed by atoms with van der Waals surface area (Å²) in [6.45, 7) is 5.48. The minimum atomic E-state index is -0.189. The lowest BCUT2D eigenvalue weighted by Gasteiger charge is -2.09. The Hall–Kier alpha value is -1.86. The Morgan fingerprint density at radius 2 is 2.30 bits per heavy atom. The molecule has 2 aromatic heterocycles. The van der Waals surface area contributed by atoms with Crippen molar-refractivity contribution < 1.29 is 9.53 Å². The molecule has 23 heavy (non-hydrogen) atoms. The van der Waals surface area contributed by atoms with Gasteiger partial charge in [0.1, 0.15) is 12.4 Å². The maximum atomic E-state index is 12.1. The number of hydrogen-bond acceptors (Lipinski definition) is 4. The molecule has 3 heterocycles. The Bertz CT molecular complexity index is 703. The van der Waals surface area contributed by atoms with Crippen LogP contribution >= 0.6 is 11.6 Å². The second-order valence-corrected chi connectivity index (χ2v) is 6.09. The third kappa shape index (κ3) is 3.56. The lowest BCUT2D eigenvalue weighted by atomic mass is 10.2. The molecule has 1 amide bonds. The highest BCUT2D eigenvalue weighted by Gasteiger charge is 2.18. The molecule has 124 valence electrons. The number of rotatable bonds is 5. The quantitative estimate of drug-likeness (QED) is 0.902. The maximum Gasteiger partial charge on any atom is 0.271 e. The SMILES string of the molecule is Cc1nn(Cn2ccc(C(=O)NCC3CCCO3)n2)c(C)c1Cl. The van der Waals surface area contributed by atoms with Gasteiger partial charge in [-0.1, -0.05) is 11.6 Å². The first-order chi connectivity index (χ1) is 11.0. The van der Waals surface area contributed by atoms with E-state index in [1.165, 1.54) is 0 Å². The zero-order chi connectivity index (χ0) is 16.4. The Kier molecular flexibility index (Phi) is 4.68. The van der Waals surface area contributed by atoms with E-state index >= 15 is 0 Å². The number of carbonyl (C=O) groups is 1. The summed E-state index contributed by atoms with van der Waals surface area (Å²) < 4.78 is 8.91. The predicted molar refractivity (Wildman–Crippen MR) is 85.6 cm³/mol. The van der Waals surface area contributed by atoms with Gasteiger partial charge in [0, 0.05) is 19.3 Å². The van der Waals surface area contributed by atoms with Crippen LogP contribution in [0.15, 0.2) is 12.3 Å². The van der Waals surface area contributed by atoms with Crippen LogP contribution in [0.1, 0.15) is 34.7 Å². The summed E-state index contributed by atoms with van der Waals surface area (Å²) >= 11 is 6.13. The number of ether oxygens (including phenoxy) is 1. The first-order valence-corrected chi connectivity index (χ1v) is 8.05. The summed E-state index contributed by atoms with van der Waals surface area (Å²) in [6, 6.07) is 1.69. The van der Waals surface area contributed by atoms with Crippen LogP contribution in [0.5, 0.6) is 0 Å². The van der Waals surface area contributed by atoms with Gasteiger partial charge in [0.15, 0.2) is 0 Å². The van der Waals surface area contributed by atoms with Crippen LogP contribution in [0.2, 0.25) is 5.02 Å². The monoisotopic (exact) mass is 337 g/mol. The van der Waals surface area contributed by atoms with E-state index in [1.807, 2.05) is 13.8 Å². The molecular formula is C15H20ClN5O2. The molecule has 0 aromatic carbocycles. The fourth-order valence-corrected chi connectivity index (χ4v) is 2.75. The predicted octanol–water partition coefficient (Wildman–Crippen LogP) is 1.76. The van der Waals surface area contributed by atoms with Gasteiger partial charge in [-0.25, -0.2) is 4.68 Å². The highest BCUT2D eigenvalue weighted by Crippen LogP contribution is 2.18. The molecule has 3 rings (SSSR count). The van der Waals surface area contributed by atoms with Crippen molar-refractivity contribution in [3.63, 3.8) is 0 Å². The van der Waals surface area contributed by atoms with E-state index in [0.717, 1.165) is 30.8 Å². The lowest BCUT2D eigenvalue weighted by Crippen LogP contribution is -2.32. The number of aromatic nitrogens is 4. The molecule has 0 aliphatic carbocycles. The highest BCUT2D eigenvalue weighted by atomic mass is 35.5. The third-order valence-electron chi connectivity index (χ3n) is 3.96. The van der Waals surface area contributed by atoms with E-state index in [9.17, 15) is 4.79 Å². The van der Waals surface area contributed by atoms with E-state index in [0.29, 0.717) is 23.9 Å². The van der Waals surface area contributed by atoms with Gasteiger partial charge in [-0.2, -0.15) is 10.2 Å². The van der Waals surface area contributed by atoms with Crippen LogP contribution in [0.4, 0.5) is 0 Å². The van der Waals surface area contributed by atoms with Crippen molar-refractivity contribution >= 4 is 17.5 Å². The fraction of sp³-hybridized carbons (Fsp3) is 0.533. The lowest BCUT2D eigenvalue weighted by molar-refractivity contribution is 0.0853. The molecule has 1 atom stereocenters. The van der Waals surface area contributed by atoms with Crippen molar-refractivity contribution in [1.82, 2.24) is 24.9 Å². The Labute approximate surface area is 139 Å². The van der Waals surface area contributed by atoms with Crippen LogP contribution in [-0.2, 0) is 11.4 Å². The summed E-state index contributed by atoms with van der Waals surface area (Å²) in [4.78, 5) is 12.1. The van der Waals surface area contributed by atoms with Crippen LogP contribution in [0.3, 0.4) is 0 Å². The molecule has 7 nitrogen and oxygen atoms in total. The second-order valence-electron chi connectivity index (χ2n) is 5.71. The summed E-state index contributed by atoms with van der Waals surface area (Å²) in [7, 11) is 0. The second kappa shape index (κ2) is 6.72. The van der Waals surface area contributed by atoms with Gasteiger partial charge in [-0.15, -0.1) is 0 Å². The average molecular weight is 338 g/mol. The minimum absolute atomic E-state index is 0.123. The van der Waals surface area contributed by atoms with Gasteiger partial charge < -0.3 is 10.1 Å². The first kappa shape index (κ1) is 16.0. The topological polar surface area (TPSA) is 74.0 Å². The molecular weight excluding hydrogens is 318 g/mol. The molecule has 1 unspecified atom stereocenters. The van der Waals surface area contributed by atoms with Gasteiger partial charge in [0.2, 0.25) is 0 Å². The molecule has 1 aliphatic heterocycles. The average Bonchev–Trinajstić information content (AvgIpc) is 3.25. The third-order valence-corrected chi connectivity index (χ3v) is 4.51. The van der Waals surface area contributed by atoms with Crippen molar-refractivity contribution in [3.8, 4) is 0 Å². The first-order valence-electron chi connectivity index (χ1n) is 7.67. The molecule has 0 saturated carbocycles. The molecule has 1 saturated heterocycles. The molecule has 8 heteroatoms. The molecule has 0 bridgehead atoms. The summed E-state index contributed by atoms with van der Waals surface area (Å²) in [5.74, 6) is -0.189. The number of hydrogen-bond donors (Lipinski definition) is 1. The molecule has 1 aliphatic rings. The minimum Gasteiger partial charge on any atom is -0.376 e. The molecule has 1 N–H and O–H groups in total. The zero-order valence-electron chi connectivity index (χ0n) is 13.3. The van der Waals surface area contributed by atoms with Gasteiger partial charge in [0.05, 0.1) is 22.5 Å². The van der Waals surface area contributed by atoms with E-state index in [1.54, 1.807) is 21.6 Å². The number of halogens is 1. The van der Waals surface area contributed by atoms with Crippen molar-refractivity contribution in [2.75, 3.05) is 13.2 Å². The van der Waals surface area contributed by atoms with E-state index in [2.05, 4.69) is 15.5 Å². The van der Waals surface area contributed by atoms with E-state index < -0.39 is 0 Å². The van der Waals surface area contributed by atoms with E-state index in [4.69, 9.17) is 16.3 Å².